The summed E-state index contributed by atoms with van der Waals surface area (Å²) in [5, 5.41) is 11.1. The van der Waals surface area contributed by atoms with Gasteiger partial charge in [-0.05, 0) is 6.07 Å². The van der Waals surface area contributed by atoms with E-state index in [4.69, 9.17) is 11.6 Å². The van der Waals surface area contributed by atoms with Crippen LogP contribution in [0.5, 0.6) is 5.75 Å². The molecule has 3 nitrogen and oxygen atoms in total. The lowest BCUT2D eigenvalue weighted by Gasteiger charge is -1.99. The van der Waals surface area contributed by atoms with Gasteiger partial charge < -0.3 is 5.11 Å². The molecule has 0 aliphatic rings. The molecule has 0 atom stereocenters. The van der Waals surface area contributed by atoms with Crippen LogP contribution in [0.15, 0.2) is 24.7 Å². The van der Waals surface area contributed by atoms with E-state index in [-0.39, 0.29) is 5.75 Å². The Balaban J connectivity index is 2.95. The van der Waals surface area contributed by atoms with Crippen molar-refractivity contribution in [2.75, 3.05) is 0 Å². The van der Waals surface area contributed by atoms with Crippen LogP contribution in [0.2, 0.25) is 5.15 Å². The van der Waals surface area contributed by atoms with Crippen molar-refractivity contribution in [2.45, 2.75) is 0 Å². The van der Waals surface area contributed by atoms with Gasteiger partial charge in [0.05, 0.1) is 6.20 Å². The fraction of sp³-hybridized carbons (Fsp3) is 0. The highest BCUT2D eigenvalue weighted by Crippen LogP contribution is 2.26. The molecule has 60 valence electrons. The molecular formula is C8H5ClN2O. The van der Waals surface area contributed by atoms with Crippen molar-refractivity contribution in [3.05, 3.63) is 29.8 Å². The lowest BCUT2D eigenvalue weighted by molar-refractivity contribution is 0.479. The summed E-state index contributed by atoms with van der Waals surface area (Å²) in [6, 6.07) is 1.71. The number of hydrogen-bond donors (Lipinski definition) is 1. The fourth-order valence-corrected chi connectivity index (χ4v) is 1.25. The van der Waals surface area contributed by atoms with Gasteiger partial charge in [-0.25, -0.2) is 4.98 Å². The van der Waals surface area contributed by atoms with Gasteiger partial charge in [-0.2, -0.15) is 0 Å². The van der Waals surface area contributed by atoms with Crippen LogP contribution in [0.3, 0.4) is 0 Å². The van der Waals surface area contributed by atoms with E-state index in [9.17, 15) is 5.11 Å². The molecule has 0 aliphatic heterocycles. The van der Waals surface area contributed by atoms with Gasteiger partial charge >= 0.3 is 0 Å². The van der Waals surface area contributed by atoms with Gasteiger partial charge in [-0.1, -0.05) is 11.6 Å². The normalized spacial score (nSPS) is 10.4. The maximum Gasteiger partial charge on any atom is 0.143 e. The van der Waals surface area contributed by atoms with Crippen LogP contribution < -0.4 is 0 Å². The molecule has 2 rings (SSSR count). The maximum atomic E-state index is 9.33. The second kappa shape index (κ2) is 2.60. The molecule has 2 aromatic heterocycles. The third-order valence-corrected chi connectivity index (χ3v) is 1.92. The number of fused-ring (bicyclic) bond motifs is 1. The maximum absolute atomic E-state index is 9.33. The number of pyridine rings is 2. The SMILES string of the molecule is Oc1cnc(Cl)c2ccncc12. The van der Waals surface area contributed by atoms with E-state index < -0.39 is 0 Å². The first-order chi connectivity index (χ1) is 5.79. The van der Waals surface area contributed by atoms with Gasteiger partial charge in [0.2, 0.25) is 0 Å². The molecule has 0 unspecified atom stereocenters. The lowest BCUT2D eigenvalue weighted by atomic mass is 10.2. The summed E-state index contributed by atoms with van der Waals surface area (Å²) in [4.78, 5) is 7.66. The van der Waals surface area contributed by atoms with E-state index in [2.05, 4.69) is 9.97 Å². The first-order valence-corrected chi connectivity index (χ1v) is 3.74. The quantitative estimate of drug-likeness (QED) is 0.631. The number of hydrogen-bond acceptors (Lipinski definition) is 3. The Kier molecular flexibility index (Phi) is 1.59. The Bertz CT molecular complexity index is 390. The van der Waals surface area contributed by atoms with Gasteiger partial charge in [0.25, 0.3) is 0 Å². The number of aromatic hydroxyl groups is 1. The molecule has 0 aliphatic carbocycles. The third-order valence-electron chi connectivity index (χ3n) is 1.62. The van der Waals surface area contributed by atoms with E-state index >= 15 is 0 Å². The molecule has 0 radical (unpaired) electrons. The molecule has 4 heteroatoms. The third kappa shape index (κ3) is 0.987. The van der Waals surface area contributed by atoms with E-state index in [0.29, 0.717) is 15.9 Å². The van der Waals surface area contributed by atoms with Gasteiger partial charge in [0.1, 0.15) is 10.9 Å². The minimum atomic E-state index is 0.0995. The van der Waals surface area contributed by atoms with Gasteiger partial charge in [-0.15, -0.1) is 0 Å². The second-order valence-electron chi connectivity index (χ2n) is 2.36. The first-order valence-electron chi connectivity index (χ1n) is 3.36. The van der Waals surface area contributed by atoms with E-state index in [1.54, 1.807) is 18.5 Å². The van der Waals surface area contributed by atoms with Crippen LogP contribution in [-0.4, -0.2) is 15.1 Å². The lowest BCUT2D eigenvalue weighted by Crippen LogP contribution is -1.80. The Morgan fingerprint density at radius 2 is 2.08 bits per heavy atom. The van der Waals surface area contributed by atoms with Gasteiger partial charge in [0, 0.05) is 23.2 Å². The second-order valence-corrected chi connectivity index (χ2v) is 2.71. The van der Waals surface area contributed by atoms with Crippen LogP contribution in [0, 0.1) is 0 Å². The molecule has 2 heterocycles. The topological polar surface area (TPSA) is 46.0 Å². The number of aromatic nitrogens is 2. The number of nitrogens with zero attached hydrogens (tertiary/aromatic N) is 2. The Morgan fingerprint density at radius 1 is 1.25 bits per heavy atom. The molecule has 0 amide bonds. The zero-order valence-electron chi connectivity index (χ0n) is 6.03. The average Bonchev–Trinajstić information content (AvgIpc) is 2.12. The van der Waals surface area contributed by atoms with E-state index in [0.717, 1.165) is 0 Å². The standard InChI is InChI=1S/C8H5ClN2O/c9-8-5-1-2-10-3-6(5)7(12)4-11-8/h1-4,12H. The number of rotatable bonds is 0. The van der Waals surface area contributed by atoms with Crippen LogP contribution in [-0.2, 0) is 0 Å². The van der Waals surface area contributed by atoms with Crippen molar-refractivity contribution in [3.8, 4) is 5.75 Å². The summed E-state index contributed by atoms with van der Waals surface area (Å²) in [6.07, 6.45) is 4.47. The smallest absolute Gasteiger partial charge is 0.143 e. The van der Waals surface area contributed by atoms with Crippen LogP contribution in [0.25, 0.3) is 10.8 Å². The van der Waals surface area contributed by atoms with E-state index in [1.165, 1.54) is 6.20 Å². The molecule has 12 heavy (non-hydrogen) atoms. The molecule has 0 saturated carbocycles. The highest BCUT2D eigenvalue weighted by Gasteiger charge is 2.03. The molecule has 0 saturated heterocycles. The highest BCUT2D eigenvalue weighted by atomic mass is 35.5. The Hall–Kier alpha value is -1.35. The molecule has 2 aromatic rings. The van der Waals surface area contributed by atoms with Crippen molar-refractivity contribution in [1.29, 1.82) is 0 Å². The predicted molar refractivity (Wildman–Crippen MR) is 46.2 cm³/mol. The molecular weight excluding hydrogens is 176 g/mol. The molecule has 1 N–H and O–H groups in total. The zero-order chi connectivity index (χ0) is 8.55. The largest absolute Gasteiger partial charge is 0.506 e. The van der Waals surface area contributed by atoms with Gasteiger partial charge in [-0.3, -0.25) is 4.98 Å². The minimum absolute atomic E-state index is 0.0995. The van der Waals surface area contributed by atoms with Crippen molar-refractivity contribution in [2.24, 2.45) is 0 Å². The Labute approximate surface area is 73.6 Å². The van der Waals surface area contributed by atoms with Crippen LogP contribution in [0.4, 0.5) is 0 Å². The summed E-state index contributed by atoms with van der Waals surface area (Å²) in [5.74, 6) is 0.0995. The summed E-state index contributed by atoms with van der Waals surface area (Å²) in [5.41, 5.74) is 0. The summed E-state index contributed by atoms with van der Waals surface area (Å²) < 4.78 is 0. The first kappa shape index (κ1) is 7.31. The van der Waals surface area contributed by atoms with Gasteiger partial charge in [0.15, 0.2) is 0 Å². The molecule has 0 spiro atoms. The van der Waals surface area contributed by atoms with Crippen molar-refractivity contribution in [3.63, 3.8) is 0 Å². The zero-order valence-corrected chi connectivity index (χ0v) is 6.78. The highest BCUT2D eigenvalue weighted by molar-refractivity contribution is 6.34. The molecule has 0 bridgehead atoms. The summed E-state index contributed by atoms with van der Waals surface area (Å²) in [6.45, 7) is 0. The van der Waals surface area contributed by atoms with E-state index in [1.807, 2.05) is 0 Å². The minimum Gasteiger partial charge on any atom is -0.506 e. The summed E-state index contributed by atoms with van der Waals surface area (Å²) >= 11 is 5.78. The van der Waals surface area contributed by atoms with Crippen LogP contribution >= 0.6 is 11.6 Å². The van der Waals surface area contributed by atoms with Crippen molar-refractivity contribution in [1.82, 2.24) is 9.97 Å². The Morgan fingerprint density at radius 3 is 2.83 bits per heavy atom. The van der Waals surface area contributed by atoms with Crippen molar-refractivity contribution >= 4 is 22.4 Å². The predicted octanol–water partition coefficient (Wildman–Crippen LogP) is 1.99. The average molecular weight is 181 g/mol. The number of halogens is 1. The van der Waals surface area contributed by atoms with Crippen molar-refractivity contribution < 1.29 is 5.11 Å². The van der Waals surface area contributed by atoms with Crippen LogP contribution in [0.1, 0.15) is 0 Å². The summed E-state index contributed by atoms with van der Waals surface area (Å²) in [7, 11) is 0. The molecule has 0 fully saturated rings. The monoisotopic (exact) mass is 180 g/mol. The fourth-order valence-electron chi connectivity index (χ4n) is 1.04. The molecule has 0 aromatic carbocycles.